The third-order valence-corrected chi connectivity index (χ3v) is 4.85. The highest BCUT2D eigenvalue weighted by molar-refractivity contribution is 5.91. The van der Waals surface area contributed by atoms with E-state index < -0.39 is 0 Å². The monoisotopic (exact) mass is 363 g/mol. The fourth-order valence-corrected chi connectivity index (χ4v) is 3.26. The van der Waals surface area contributed by atoms with Crippen molar-refractivity contribution in [3.63, 3.8) is 0 Å². The van der Waals surface area contributed by atoms with Crippen LogP contribution in [0.1, 0.15) is 34.4 Å². The standard InChI is InChI=1S/C21H21N3O3/c1-12-6-5-7-16-13(2)10-19(26)24(20(12)16)9-8-18(25)23-21-17(11-22)14(3)15(4)27-21/h5-7,10H,8-9H2,1-4H3,(H,23,25). The van der Waals surface area contributed by atoms with Gasteiger partial charge in [-0.05, 0) is 38.8 Å². The summed E-state index contributed by atoms with van der Waals surface area (Å²) in [6.07, 6.45) is 0.0933. The van der Waals surface area contributed by atoms with E-state index in [1.807, 2.05) is 38.1 Å². The molecule has 3 rings (SSSR count). The molecule has 27 heavy (non-hydrogen) atoms. The van der Waals surface area contributed by atoms with Gasteiger partial charge >= 0.3 is 0 Å². The SMILES string of the molecule is Cc1oc(NC(=O)CCn2c(=O)cc(C)c3cccc(C)c32)c(C#N)c1C. The van der Waals surface area contributed by atoms with Crippen molar-refractivity contribution < 1.29 is 9.21 Å². The molecule has 0 radical (unpaired) electrons. The van der Waals surface area contributed by atoms with Crippen molar-refractivity contribution in [2.75, 3.05) is 5.32 Å². The molecular weight excluding hydrogens is 342 g/mol. The largest absolute Gasteiger partial charge is 0.444 e. The molecule has 1 N–H and O–H groups in total. The number of aryl methyl sites for hydroxylation is 4. The van der Waals surface area contributed by atoms with E-state index in [1.54, 1.807) is 24.5 Å². The summed E-state index contributed by atoms with van der Waals surface area (Å²) in [5.41, 5.74) is 3.65. The molecule has 0 fully saturated rings. The van der Waals surface area contributed by atoms with Crippen molar-refractivity contribution >= 4 is 22.7 Å². The first-order valence-corrected chi connectivity index (χ1v) is 8.73. The Morgan fingerprint density at radius 1 is 1.22 bits per heavy atom. The van der Waals surface area contributed by atoms with Gasteiger partial charge in [0.15, 0.2) is 0 Å². The molecule has 3 aromatic rings. The number of nitrogens with one attached hydrogen (secondary N) is 1. The number of para-hydroxylation sites is 1. The number of anilines is 1. The molecule has 0 spiro atoms. The number of fused-ring (bicyclic) bond motifs is 1. The molecule has 1 aromatic carbocycles. The molecule has 0 saturated carbocycles. The predicted molar refractivity (Wildman–Crippen MR) is 104 cm³/mol. The Morgan fingerprint density at radius 2 is 1.96 bits per heavy atom. The fourth-order valence-electron chi connectivity index (χ4n) is 3.26. The maximum Gasteiger partial charge on any atom is 0.251 e. The van der Waals surface area contributed by atoms with Crippen LogP contribution >= 0.6 is 0 Å². The summed E-state index contributed by atoms with van der Waals surface area (Å²) in [5, 5.41) is 12.9. The van der Waals surface area contributed by atoms with Gasteiger partial charge < -0.3 is 8.98 Å². The highest BCUT2D eigenvalue weighted by Gasteiger charge is 2.17. The van der Waals surface area contributed by atoms with Crippen LogP contribution in [0.4, 0.5) is 5.88 Å². The molecular formula is C21H21N3O3. The van der Waals surface area contributed by atoms with Gasteiger partial charge in [0.1, 0.15) is 17.4 Å². The molecule has 0 atom stereocenters. The van der Waals surface area contributed by atoms with Gasteiger partial charge in [-0.2, -0.15) is 5.26 Å². The van der Waals surface area contributed by atoms with E-state index in [9.17, 15) is 14.9 Å². The highest BCUT2D eigenvalue weighted by atomic mass is 16.4. The van der Waals surface area contributed by atoms with Gasteiger partial charge in [-0.25, -0.2) is 0 Å². The van der Waals surface area contributed by atoms with E-state index in [1.165, 1.54) is 0 Å². The van der Waals surface area contributed by atoms with Gasteiger partial charge in [0, 0.05) is 30.0 Å². The van der Waals surface area contributed by atoms with Gasteiger partial charge in [0.2, 0.25) is 11.8 Å². The Morgan fingerprint density at radius 3 is 2.67 bits per heavy atom. The average Bonchev–Trinajstić information content (AvgIpc) is 2.88. The van der Waals surface area contributed by atoms with Crippen LogP contribution in [0.3, 0.4) is 0 Å². The average molecular weight is 363 g/mol. The van der Waals surface area contributed by atoms with Crippen molar-refractivity contribution in [3.05, 3.63) is 62.6 Å². The molecule has 0 aliphatic carbocycles. The first kappa shape index (κ1) is 18.5. The number of benzene rings is 1. The second kappa shape index (κ2) is 7.12. The number of furan rings is 1. The van der Waals surface area contributed by atoms with Crippen molar-refractivity contribution in [3.8, 4) is 6.07 Å². The first-order valence-electron chi connectivity index (χ1n) is 8.73. The smallest absolute Gasteiger partial charge is 0.251 e. The van der Waals surface area contributed by atoms with Gasteiger partial charge in [-0.1, -0.05) is 18.2 Å². The molecule has 0 unspecified atom stereocenters. The number of hydrogen-bond acceptors (Lipinski definition) is 4. The summed E-state index contributed by atoms with van der Waals surface area (Å²) < 4.78 is 7.09. The van der Waals surface area contributed by atoms with Crippen molar-refractivity contribution in [1.82, 2.24) is 4.57 Å². The van der Waals surface area contributed by atoms with E-state index in [4.69, 9.17) is 4.42 Å². The molecule has 2 aromatic heterocycles. The van der Waals surface area contributed by atoms with Crippen LogP contribution in [0.2, 0.25) is 0 Å². The summed E-state index contributed by atoms with van der Waals surface area (Å²) in [6, 6.07) is 9.52. The number of nitrogens with zero attached hydrogens (tertiary/aromatic N) is 2. The molecule has 0 aliphatic rings. The number of rotatable bonds is 4. The van der Waals surface area contributed by atoms with Crippen LogP contribution in [0.5, 0.6) is 0 Å². The van der Waals surface area contributed by atoms with Crippen molar-refractivity contribution in [1.29, 1.82) is 5.26 Å². The summed E-state index contributed by atoms with van der Waals surface area (Å²) in [5.74, 6) is 0.447. The minimum absolute atomic E-state index is 0.0933. The Labute approximate surface area is 157 Å². The van der Waals surface area contributed by atoms with Gasteiger partial charge in [0.25, 0.3) is 5.56 Å². The lowest BCUT2D eigenvalue weighted by atomic mass is 10.1. The fraction of sp³-hybridized carbons (Fsp3) is 0.286. The molecule has 138 valence electrons. The number of amides is 1. The number of nitriles is 1. The van der Waals surface area contributed by atoms with E-state index in [2.05, 4.69) is 5.32 Å². The summed E-state index contributed by atoms with van der Waals surface area (Å²) in [7, 11) is 0. The van der Waals surface area contributed by atoms with Gasteiger partial charge in [-0.3, -0.25) is 14.9 Å². The normalized spacial score (nSPS) is 10.8. The highest BCUT2D eigenvalue weighted by Crippen LogP contribution is 2.25. The van der Waals surface area contributed by atoms with Crippen LogP contribution < -0.4 is 10.9 Å². The number of pyridine rings is 1. The Balaban J connectivity index is 1.86. The first-order chi connectivity index (χ1) is 12.8. The topological polar surface area (TPSA) is 88.0 Å². The molecule has 6 heteroatoms. The third-order valence-electron chi connectivity index (χ3n) is 4.85. The molecule has 0 bridgehead atoms. The zero-order valence-electron chi connectivity index (χ0n) is 15.8. The molecule has 0 aliphatic heterocycles. The summed E-state index contributed by atoms with van der Waals surface area (Å²) in [4.78, 5) is 24.9. The minimum Gasteiger partial charge on any atom is -0.444 e. The molecule has 0 saturated heterocycles. The number of carbonyl (C=O) groups is 1. The Bertz CT molecular complexity index is 1150. The predicted octanol–water partition coefficient (Wildman–Crippen LogP) is 3.73. The second-order valence-corrected chi connectivity index (χ2v) is 6.69. The zero-order valence-corrected chi connectivity index (χ0v) is 15.8. The van der Waals surface area contributed by atoms with E-state index in [-0.39, 0.29) is 30.3 Å². The molecule has 1 amide bonds. The van der Waals surface area contributed by atoms with Crippen molar-refractivity contribution in [2.24, 2.45) is 0 Å². The van der Waals surface area contributed by atoms with Crippen LogP contribution in [0, 0.1) is 39.0 Å². The quantitative estimate of drug-likeness (QED) is 0.765. The van der Waals surface area contributed by atoms with Gasteiger partial charge in [-0.15, -0.1) is 0 Å². The lowest BCUT2D eigenvalue weighted by Crippen LogP contribution is -2.24. The minimum atomic E-state index is -0.311. The number of hydrogen-bond donors (Lipinski definition) is 1. The lowest BCUT2D eigenvalue weighted by molar-refractivity contribution is -0.116. The molecule has 2 heterocycles. The maximum absolute atomic E-state index is 12.5. The Hall–Kier alpha value is -3.33. The molecule has 6 nitrogen and oxygen atoms in total. The third kappa shape index (κ3) is 3.36. The second-order valence-electron chi connectivity index (χ2n) is 6.69. The maximum atomic E-state index is 12.5. The van der Waals surface area contributed by atoms with E-state index in [0.29, 0.717) is 16.9 Å². The van der Waals surface area contributed by atoms with Crippen LogP contribution in [0.15, 0.2) is 33.5 Å². The van der Waals surface area contributed by atoms with E-state index in [0.717, 1.165) is 22.0 Å². The Kier molecular flexibility index (Phi) is 4.87. The number of aromatic nitrogens is 1. The summed E-state index contributed by atoms with van der Waals surface area (Å²) in [6.45, 7) is 7.61. The van der Waals surface area contributed by atoms with Crippen molar-refractivity contribution in [2.45, 2.75) is 40.7 Å². The number of carbonyl (C=O) groups excluding carboxylic acids is 1. The van der Waals surface area contributed by atoms with Crippen LogP contribution in [-0.4, -0.2) is 10.5 Å². The zero-order chi connectivity index (χ0) is 19.7. The van der Waals surface area contributed by atoms with Gasteiger partial charge in [0.05, 0.1) is 5.52 Å². The van der Waals surface area contributed by atoms with E-state index >= 15 is 0 Å². The van der Waals surface area contributed by atoms with Crippen LogP contribution in [0.25, 0.3) is 10.9 Å². The summed E-state index contributed by atoms with van der Waals surface area (Å²) >= 11 is 0. The lowest BCUT2D eigenvalue weighted by Gasteiger charge is -2.14. The van der Waals surface area contributed by atoms with Crippen LogP contribution in [-0.2, 0) is 11.3 Å².